The Morgan fingerprint density at radius 1 is 0.897 bits per heavy atom. The highest BCUT2D eigenvalue weighted by atomic mass is 32.2. The van der Waals surface area contributed by atoms with Crippen molar-refractivity contribution >= 4 is 32.4 Å². The van der Waals surface area contributed by atoms with Crippen molar-refractivity contribution in [1.29, 1.82) is 0 Å². The lowest BCUT2D eigenvalue weighted by atomic mass is 10.1. The Hall–Kier alpha value is -2.86. The van der Waals surface area contributed by atoms with E-state index in [4.69, 9.17) is 0 Å². The summed E-state index contributed by atoms with van der Waals surface area (Å²) in [7, 11) is -3.61. The molecule has 0 aliphatic carbocycles. The van der Waals surface area contributed by atoms with Gasteiger partial charge in [0.25, 0.3) is 15.9 Å². The average molecular weight is 407 g/mol. The fourth-order valence-corrected chi connectivity index (χ4v) is 6.08. The van der Waals surface area contributed by atoms with Crippen LogP contribution in [0.1, 0.15) is 35.2 Å². The van der Waals surface area contributed by atoms with Crippen molar-refractivity contribution < 1.29 is 13.2 Å². The van der Waals surface area contributed by atoms with E-state index in [9.17, 15) is 13.2 Å². The summed E-state index contributed by atoms with van der Waals surface area (Å²) < 4.78 is 27.8. The second kappa shape index (κ2) is 6.88. The third-order valence-corrected chi connectivity index (χ3v) is 7.63. The molecular weight excluding hydrogens is 384 g/mol. The normalized spacial score (nSPS) is 17.7. The lowest BCUT2D eigenvalue weighted by molar-refractivity contribution is 0.0724. The maximum absolute atomic E-state index is 13.2. The number of hydrogen-bond donors (Lipinski definition) is 0. The van der Waals surface area contributed by atoms with E-state index in [-0.39, 0.29) is 12.5 Å². The van der Waals surface area contributed by atoms with Crippen LogP contribution in [0.2, 0.25) is 0 Å². The number of hydrogen-bond acceptors (Lipinski definition) is 3. The molecule has 2 aliphatic rings. The number of sulfonamides is 1. The lowest BCUT2D eigenvalue weighted by Crippen LogP contribution is -2.35. The standard InChI is InChI=1S/C23H22N2O3S/c26-23(24-13-2-1-3-14-24)19-10-4-7-17(15-19)16-25-20-11-5-8-18-9-6-12-21(22(18)20)29(25,27)28/h4-12,15H,1-3,13-14,16H2. The van der Waals surface area contributed by atoms with Gasteiger partial charge < -0.3 is 4.90 Å². The molecule has 1 amide bonds. The number of likely N-dealkylation sites (tertiary alicyclic amines) is 1. The molecule has 0 spiro atoms. The summed E-state index contributed by atoms with van der Waals surface area (Å²) in [5.74, 6) is 0.0289. The van der Waals surface area contributed by atoms with Crippen LogP contribution in [0, 0.1) is 0 Å². The van der Waals surface area contributed by atoms with Crippen LogP contribution in [-0.2, 0) is 16.6 Å². The summed E-state index contributed by atoms with van der Waals surface area (Å²) in [6.45, 7) is 1.79. The van der Waals surface area contributed by atoms with Gasteiger partial charge in [0.1, 0.15) is 0 Å². The Morgan fingerprint density at radius 2 is 1.62 bits per heavy atom. The smallest absolute Gasteiger partial charge is 0.265 e. The molecular formula is C23H22N2O3S. The van der Waals surface area contributed by atoms with Crippen LogP contribution in [0.15, 0.2) is 65.6 Å². The van der Waals surface area contributed by atoms with E-state index >= 15 is 0 Å². The topological polar surface area (TPSA) is 57.7 Å². The van der Waals surface area contributed by atoms with Crippen LogP contribution in [0.3, 0.4) is 0 Å². The molecule has 3 aromatic carbocycles. The first-order chi connectivity index (χ1) is 14.1. The second-order valence-electron chi connectivity index (χ2n) is 7.70. The molecule has 0 bridgehead atoms. The van der Waals surface area contributed by atoms with Gasteiger partial charge in [0.2, 0.25) is 0 Å². The zero-order chi connectivity index (χ0) is 20.0. The Bertz CT molecular complexity index is 1210. The number of rotatable bonds is 3. The van der Waals surface area contributed by atoms with E-state index < -0.39 is 10.0 Å². The minimum Gasteiger partial charge on any atom is -0.339 e. The molecule has 0 atom stereocenters. The van der Waals surface area contributed by atoms with Gasteiger partial charge in [0, 0.05) is 24.0 Å². The maximum Gasteiger partial charge on any atom is 0.265 e. The van der Waals surface area contributed by atoms with Gasteiger partial charge in [-0.05, 0) is 54.5 Å². The molecule has 0 unspecified atom stereocenters. The van der Waals surface area contributed by atoms with Gasteiger partial charge in [-0.15, -0.1) is 0 Å². The molecule has 29 heavy (non-hydrogen) atoms. The fourth-order valence-electron chi connectivity index (χ4n) is 4.38. The van der Waals surface area contributed by atoms with Crippen LogP contribution < -0.4 is 4.31 Å². The van der Waals surface area contributed by atoms with Gasteiger partial charge >= 0.3 is 0 Å². The molecule has 2 heterocycles. The Kier molecular flexibility index (Phi) is 4.32. The Morgan fingerprint density at radius 3 is 2.41 bits per heavy atom. The average Bonchev–Trinajstić information content (AvgIpc) is 2.97. The van der Waals surface area contributed by atoms with Gasteiger partial charge in [-0.2, -0.15) is 0 Å². The van der Waals surface area contributed by atoms with Crippen LogP contribution >= 0.6 is 0 Å². The number of nitrogens with zero attached hydrogens (tertiary/aromatic N) is 2. The summed E-state index contributed by atoms with van der Waals surface area (Å²) in [5, 5.41) is 1.69. The number of amides is 1. The first kappa shape index (κ1) is 18.2. The third-order valence-electron chi connectivity index (χ3n) is 5.82. The van der Waals surface area contributed by atoms with Gasteiger partial charge in [-0.1, -0.05) is 36.4 Å². The van der Waals surface area contributed by atoms with Crippen LogP contribution in [0.4, 0.5) is 5.69 Å². The molecule has 1 saturated heterocycles. The third kappa shape index (κ3) is 2.99. The number of benzene rings is 3. The Labute approximate surface area is 170 Å². The largest absolute Gasteiger partial charge is 0.339 e. The molecule has 0 radical (unpaired) electrons. The fraction of sp³-hybridized carbons (Fsp3) is 0.261. The molecule has 5 nitrogen and oxygen atoms in total. The monoisotopic (exact) mass is 406 g/mol. The summed E-state index contributed by atoms with van der Waals surface area (Å²) >= 11 is 0. The van der Waals surface area contributed by atoms with Gasteiger partial charge in [-0.25, -0.2) is 8.42 Å². The van der Waals surface area contributed by atoms with Crippen molar-refractivity contribution in [3.05, 3.63) is 71.8 Å². The maximum atomic E-state index is 13.2. The predicted molar refractivity (Wildman–Crippen MR) is 114 cm³/mol. The van der Waals surface area contributed by atoms with Gasteiger partial charge in [-0.3, -0.25) is 9.10 Å². The van der Waals surface area contributed by atoms with Crippen LogP contribution in [0.5, 0.6) is 0 Å². The second-order valence-corrected chi connectivity index (χ2v) is 9.53. The zero-order valence-electron chi connectivity index (χ0n) is 16.0. The molecule has 148 valence electrons. The molecule has 1 fully saturated rings. The van der Waals surface area contributed by atoms with Crippen LogP contribution in [0.25, 0.3) is 10.8 Å². The first-order valence-corrected chi connectivity index (χ1v) is 11.4. The number of piperidine rings is 1. The van der Waals surface area contributed by atoms with Crippen molar-refractivity contribution in [2.24, 2.45) is 0 Å². The van der Waals surface area contributed by atoms with Crippen molar-refractivity contribution in [3.8, 4) is 0 Å². The van der Waals surface area contributed by atoms with Gasteiger partial charge in [0.05, 0.1) is 17.1 Å². The molecule has 3 aromatic rings. The zero-order valence-corrected chi connectivity index (χ0v) is 16.9. The van der Waals surface area contributed by atoms with Crippen molar-refractivity contribution in [3.63, 3.8) is 0 Å². The summed E-state index contributed by atoms with van der Waals surface area (Å²) in [6, 6.07) is 18.4. The van der Waals surface area contributed by atoms with Crippen molar-refractivity contribution in [1.82, 2.24) is 4.90 Å². The SMILES string of the molecule is O=C(c1cccc(CN2c3cccc4cccc(c34)S2(=O)=O)c1)N1CCCCC1. The van der Waals surface area contributed by atoms with E-state index in [2.05, 4.69) is 0 Å². The van der Waals surface area contributed by atoms with Gasteiger partial charge in [0.15, 0.2) is 0 Å². The lowest BCUT2D eigenvalue weighted by Gasteiger charge is -2.27. The number of anilines is 1. The minimum atomic E-state index is -3.61. The number of carbonyl (C=O) groups is 1. The molecule has 0 N–H and O–H groups in total. The highest BCUT2D eigenvalue weighted by Gasteiger charge is 2.35. The van der Waals surface area contributed by atoms with E-state index in [1.165, 1.54) is 10.7 Å². The minimum absolute atomic E-state index is 0.0289. The molecule has 0 saturated carbocycles. The molecule has 5 rings (SSSR count). The first-order valence-electron chi connectivity index (χ1n) is 9.98. The highest BCUT2D eigenvalue weighted by molar-refractivity contribution is 7.93. The molecule has 2 aliphatic heterocycles. The highest BCUT2D eigenvalue weighted by Crippen LogP contribution is 2.42. The quantitative estimate of drug-likeness (QED) is 0.656. The van der Waals surface area contributed by atoms with E-state index in [1.807, 2.05) is 53.4 Å². The van der Waals surface area contributed by atoms with E-state index in [0.717, 1.165) is 42.3 Å². The summed E-state index contributed by atoms with van der Waals surface area (Å²) in [5.41, 5.74) is 2.13. The molecule has 6 heteroatoms. The van der Waals surface area contributed by atoms with Crippen molar-refractivity contribution in [2.75, 3.05) is 17.4 Å². The van der Waals surface area contributed by atoms with Crippen molar-refractivity contribution in [2.45, 2.75) is 30.7 Å². The number of carbonyl (C=O) groups excluding carboxylic acids is 1. The summed E-state index contributed by atoms with van der Waals surface area (Å²) in [6.07, 6.45) is 3.25. The van der Waals surface area contributed by atoms with E-state index in [1.54, 1.807) is 12.1 Å². The predicted octanol–water partition coefficient (Wildman–Crippen LogP) is 4.17. The van der Waals surface area contributed by atoms with E-state index in [0.29, 0.717) is 16.1 Å². The Balaban J connectivity index is 1.48. The summed E-state index contributed by atoms with van der Waals surface area (Å²) in [4.78, 5) is 15.1. The molecule has 0 aromatic heterocycles. The van der Waals surface area contributed by atoms with Crippen LogP contribution in [-0.4, -0.2) is 32.3 Å².